The number of halogens is 1. The molecule has 1 amide bonds. The molecule has 0 saturated heterocycles. The van der Waals surface area contributed by atoms with Crippen molar-refractivity contribution in [3.8, 4) is 11.5 Å². The molecule has 6 heteroatoms. The molecule has 0 unspecified atom stereocenters. The van der Waals surface area contributed by atoms with Gasteiger partial charge in [-0.15, -0.1) is 10.2 Å². The van der Waals surface area contributed by atoms with E-state index in [0.29, 0.717) is 17.3 Å². The smallest absolute Gasteiger partial charge is 0.254 e. The Morgan fingerprint density at radius 1 is 1.17 bits per heavy atom. The van der Waals surface area contributed by atoms with Crippen LogP contribution < -0.4 is 0 Å². The van der Waals surface area contributed by atoms with Gasteiger partial charge in [-0.3, -0.25) is 4.79 Å². The molecule has 0 fully saturated rings. The number of hydrogen-bond acceptors (Lipinski definition) is 4. The third-order valence-electron chi connectivity index (χ3n) is 3.56. The number of aromatic nitrogens is 2. The van der Waals surface area contributed by atoms with Crippen molar-refractivity contribution in [2.45, 2.75) is 13.5 Å². The van der Waals surface area contributed by atoms with Gasteiger partial charge in [0.15, 0.2) is 0 Å². The van der Waals surface area contributed by atoms with Gasteiger partial charge in [0.1, 0.15) is 0 Å². The average Bonchev–Trinajstić information content (AvgIpc) is 3.03. The lowest BCUT2D eigenvalue weighted by molar-refractivity contribution is 0.0773. The van der Waals surface area contributed by atoms with E-state index in [1.165, 1.54) is 0 Å². The van der Waals surface area contributed by atoms with E-state index in [-0.39, 0.29) is 12.5 Å². The minimum Gasteiger partial charge on any atom is -0.419 e. The van der Waals surface area contributed by atoms with Crippen LogP contribution in [0.1, 0.15) is 21.8 Å². The van der Waals surface area contributed by atoms with Gasteiger partial charge >= 0.3 is 0 Å². The van der Waals surface area contributed by atoms with E-state index in [2.05, 4.69) is 26.1 Å². The minimum absolute atomic E-state index is 0.105. The Bertz CT molecular complexity index is 859. The zero-order chi connectivity index (χ0) is 17.1. The maximum atomic E-state index is 12.4. The molecule has 3 aromatic rings. The molecule has 2 aromatic carbocycles. The Balaban J connectivity index is 1.72. The largest absolute Gasteiger partial charge is 0.419 e. The van der Waals surface area contributed by atoms with Gasteiger partial charge in [-0.2, -0.15) is 0 Å². The summed E-state index contributed by atoms with van der Waals surface area (Å²) in [6.45, 7) is 2.27. The first-order valence-electron chi connectivity index (χ1n) is 7.43. The van der Waals surface area contributed by atoms with E-state index < -0.39 is 0 Å². The van der Waals surface area contributed by atoms with Crippen LogP contribution in [0.25, 0.3) is 11.5 Å². The summed E-state index contributed by atoms with van der Waals surface area (Å²) in [7, 11) is 1.71. The van der Waals surface area contributed by atoms with Crippen molar-refractivity contribution in [2.24, 2.45) is 0 Å². The Labute approximate surface area is 148 Å². The van der Waals surface area contributed by atoms with Crippen molar-refractivity contribution < 1.29 is 9.21 Å². The zero-order valence-corrected chi connectivity index (χ0v) is 14.9. The summed E-state index contributed by atoms with van der Waals surface area (Å²) < 4.78 is 6.53. The molecule has 24 heavy (non-hydrogen) atoms. The van der Waals surface area contributed by atoms with Gasteiger partial charge in [0.05, 0.1) is 6.54 Å². The molecule has 1 heterocycles. The highest BCUT2D eigenvalue weighted by molar-refractivity contribution is 9.10. The lowest BCUT2D eigenvalue weighted by Gasteiger charge is -2.14. The van der Waals surface area contributed by atoms with E-state index in [0.717, 1.165) is 15.6 Å². The maximum absolute atomic E-state index is 12.4. The summed E-state index contributed by atoms with van der Waals surface area (Å²) in [6.07, 6.45) is 0. The second-order valence-corrected chi connectivity index (χ2v) is 6.45. The minimum atomic E-state index is -0.105. The fourth-order valence-corrected chi connectivity index (χ4v) is 2.65. The van der Waals surface area contributed by atoms with Crippen molar-refractivity contribution in [1.29, 1.82) is 0 Å². The van der Waals surface area contributed by atoms with Gasteiger partial charge < -0.3 is 9.32 Å². The molecular formula is C18H16BrN3O2. The number of hydrogen-bond donors (Lipinski definition) is 0. The Morgan fingerprint density at radius 2 is 1.92 bits per heavy atom. The highest BCUT2D eigenvalue weighted by atomic mass is 79.9. The predicted molar refractivity (Wildman–Crippen MR) is 94.4 cm³/mol. The SMILES string of the molecule is Cc1ccc(-c2nnc(CN(C)C(=O)c3cccc(Br)c3)o2)cc1. The molecule has 0 radical (unpaired) electrons. The van der Waals surface area contributed by atoms with Crippen LogP contribution in [-0.4, -0.2) is 28.1 Å². The van der Waals surface area contributed by atoms with E-state index in [9.17, 15) is 4.79 Å². The summed E-state index contributed by atoms with van der Waals surface area (Å²) >= 11 is 3.37. The monoisotopic (exact) mass is 385 g/mol. The number of aryl methyl sites for hydroxylation is 1. The van der Waals surface area contributed by atoms with Crippen molar-refractivity contribution in [3.63, 3.8) is 0 Å². The van der Waals surface area contributed by atoms with Gasteiger partial charge in [-0.25, -0.2) is 0 Å². The number of benzene rings is 2. The van der Waals surface area contributed by atoms with E-state index in [4.69, 9.17) is 4.42 Å². The topological polar surface area (TPSA) is 59.2 Å². The highest BCUT2D eigenvalue weighted by Gasteiger charge is 2.16. The second-order valence-electron chi connectivity index (χ2n) is 5.54. The third kappa shape index (κ3) is 3.71. The molecule has 0 aliphatic rings. The van der Waals surface area contributed by atoms with Crippen molar-refractivity contribution >= 4 is 21.8 Å². The van der Waals surface area contributed by atoms with Crippen LogP contribution in [0.15, 0.2) is 57.4 Å². The number of nitrogens with zero attached hydrogens (tertiary/aromatic N) is 3. The molecule has 0 N–H and O–H groups in total. The summed E-state index contributed by atoms with van der Waals surface area (Å²) in [4.78, 5) is 14.0. The molecule has 1 aromatic heterocycles. The van der Waals surface area contributed by atoms with Gasteiger partial charge in [-0.05, 0) is 37.3 Å². The average molecular weight is 386 g/mol. The quantitative estimate of drug-likeness (QED) is 0.678. The lowest BCUT2D eigenvalue weighted by Crippen LogP contribution is -2.26. The molecule has 5 nitrogen and oxygen atoms in total. The van der Waals surface area contributed by atoms with Crippen LogP contribution >= 0.6 is 15.9 Å². The molecule has 0 spiro atoms. The van der Waals surface area contributed by atoms with Crippen molar-refractivity contribution in [1.82, 2.24) is 15.1 Å². The number of carbonyl (C=O) groups excluding carboxylic acids is 1. The first kappa shape index (κ1) is 16.4. The summed E-state index contributed by atoms with van der Waals surface area (Å²) in [5, 5.41) is 8.08. The summed E-state index contributed by atoms with van der Waals surface area (Å²) in [5.74, 6) is 0.746. The molecule has 0 saturated carbocycles. The van der Waals surface area contributed by atoms with Crippen LogP contribution in [0.5, 0.6) is 0 Å². The molecule has 0 aliphatic heterocycles. The predicted octanol–water partition coefficient (Wildman–Crippen LogP) is 4.08. The molecule has 3 rings (SSSR count). The fraction of sp³-hybridized carbons (Fsp3) is 0.167. The zero-order valence-electron chi connectivity index (χ0n) is 13.4. The van der Waals surface area contributed by atoms with E-state index in [1.807, 2.05) is 43.3 Å². The van der Waals surface area contributed by atoms with Crippen LogP contribution in [0.4, 0.5) is 0 Å². The maximum Gasteiger partial charge on any atom is 0.254 e. The molecule has 0 bridgehead atoms. The Morgan fingerprint density at radius 3 is 2.62 bits per heavy atom. The van der Waals surface area contributed by atoms with Crippen LogP contribution in [0, 0.1) is 6.92 Å². The third-order valence-corrected chi connectivity index (χ3v) is 4.05. The molecule has 0 atom stereocenters. The molecular weight excluding hydrogens is 370 g/mol. The van der Waals surface area contributed by atoms with Crippen molar-refractivity contribution in [2.75, 3.05) is 7.05 Å². The standard InChI is InChI=1S/C18H16BrN3O2/c1-12-6-8-13(9-7-12)17-21-20-16(24-17)11-22(2)18(23)14-4-3-5-15(19)10-14/h3-10H,11H2,1-2H3. The second kappa shape index (κ2) is 6.97. The van der Waals surface area contributed by atoms with Crippen LogP contribution in [0.2, 0.25) is 0 Å². The number of carbonyl (C=O) groups is 1. The normalized spacial score (nSPS) is 10.6. The Hall–Kier alpha value is -2.47. The van der Waals surface area contributed by atoms with Gasteiger partial charge in [-0.1, -0.05) is 39.7 Å². The lowest BCUT2D eigenvalue weighted by atomic mass is 10.1. The number of amides is 1. The first-order chi connectivity index (χ1) is 11.5. The van der Waals surface area contributed by atoms with Crippen LogP contribution in [-0.2, 0) is 6.54 Å². The highest BCUT2D eigenvalue weighted by Crippen LogP contribution is 2.19. The van der Waals surface area contributed by atoms with Crippen molar-refractivity contribution in [3.05, 3.63) is 70.0 Å². The van der Waals surface area contributed by atoms with Gasteiger partial charge in [0, 0.05) is 22.6 Å². The fourth-order valence-electron chi connectivity index (χ4n) is 2.25. The van der Waals surface area contributed by atoms with Gasteiger partial charge in [0.2, 0.25) is 11.8 Å². The summed E-state index contributed by atoms with van der Waals surface area (Å²) in [6, 6.07) is 15.1. The number of rotatable bonds is 4. The van der Waals surface area contributed by atoms with Crippen LogP contribution in [0.3, 0.4) is 0 Å². The first-order valence-corrected chi connectivity index (χ1v) is 8.22. The molecule has 0 aliphatic carbocycles. The van der Waals surface area contributed by atoms with E-state index in [1.54, 1.807) is 24.1 Å². The van der Waals surface area contributed by atoms with E-state index >= 15 is 0 Å². The Kier molecular flexibility index (Phi) is 4.76. The summed E-state index contributed by atoms with van der Waals surface area (Å²) in [5.41, 5.74) is 2.63. The van der Waals surface area contributed by atoms with Gasteiger partial charge in [0.25, 0.3) is 5.91 Å². The molecule has 122 valence electrons.